The monoisotopic (exact) mass is 472 g/mol. The lowest BCUT2D eigenvalue weighted by Gasteiger charge is -2.29. The first-order valence-electron chi connectivity index (χ1n) is 9.55. The van der Waals surface area contributed by atoms with Crippen LogP contribution in [0.5, 0.6) is 0 Å². The van der Waals surface area contributed by atoms with E-state index >= 15 is 0 Å². The van der Waals surface area contributed by atoms with Gasteiger partial charge in [-0.3, -0.25) is 14.4 Å². The number of carbonyl (C=O) groups excluding carboxylic acids is 2. The number of amides is 2. The maximum absolute atomic E-state index is 13.6. The van der Waals surface area contributed by atoms with Gasteiger partial charge in [0.05, 0.1) is 27.5 Å². The van der Waals surface area contributed by atoms with Crippen LogP contribution in [0.15, 0.2) is 72.8 Å². The van der Waals surface area contributed by atoms with Crippen molar-refractivity contribution in [2.24, 2.45) is 5.92 Å². The van der Waals surface area contributed by atoms with E-state index in [-0.39, 0.29) is 15.7 Å². The van der Waals surface area contributed by atoms with Crippen LogP contribution in [0.4, 0.5) is 11.4 Å². The highest BCUT2D eigenvalue weighted by atomic mass is 35.5. The van der Waals surface area contributed by atoms with Gasteiger partial charge in [0.2, 0.25) is 5.91 Å². The lowest BCUT2D eigenvalue weighted by atomic mass is 9.90. The van der Waals surface area contributed by atoms with E-state index in [1.54, 1.807) is 35.4 Å². The van der Waals surface area contributed by atoms with E-state index in [1.165, 1.54) is 0 Å². The van der Waals surface area contributed by atoms with Gasteiger partial charge in [-0.25, -0.2) is 9.96 Å². The van der Waals surface area contributed by atoms with Crippen molar-refractivity contribution in [3.8, 4) is 0 Å². The molecule has 156 valence electrons. The maximum atomic E-state index is 13.6. The number of anilines is 2. The lowest BCUT2D eigenvalue weighted by molar-refractivity contribution is -0.126. The van der Waals surface area contributed by atoms with Gasteiger partial charge >= 0.3 is 0 Å². The number of halogens is 3. The molecule has 0 aromatic heterocycles. The van der Waals surface area contributed by atoms with Crippen molar-refractivity contribution >= 4 is 58.0 Å². The molecule has 2 aliphatic rings. The zero-order chi connectivity index (χ0) is 21.7. The Labute approximate surface area is 193 Å². The Morgan fingerprint density at radius 3 is 2.03 bits per heavy atom. The SMILES string of the molecule is O=C1[C@@H]2[C@@H](c3ccc(Cl)cc3)N(c3ccccc3)O[C@H]2C(=O)N1c1c(Cl)cccc1Cl. The van der Waals surface area contributed by atoms with Crippen LogP contribution in [0.2, 0.25) is 15.1 Å². The molecule has 31 heavy (non-hydrogen) atoms. The lowest BCUT2D eigenvalue weighted by Crippen LogP contribution is -2.37. The summed E-state index contributed by atoms with van der Waals surface area (Å²) >= 11 is 18.7. The Morgan fingerprint density at radius 2 is 1.39 bits per heavy atom. The molecule has 0 spiro atoms. The smallest absolute Gasteiger partial charge is 0.266 e. The van der Waals surface area contributed by atoms with E-state index < -0.39 is 29.9 Å². The molecule has 0 bridgehead atoms. The molecule has 5 rings (SSSR count). The van der Waals surface area contributed by atoms with Gasteiger partial charge in [0.1, 0.15) is 5.92 Å². The third-order valence-corrected chi connectivity index (χ3v) is 6.36. The summed E-state index contributed by atoms with van der Waals surface area (Å²) in [6.45, 7) is 0. The summed E-state index contributed by atoms with van der Waals surface area (Å²) in [6.07, 6.45) is -0.999. The summed E-state index contributed by atoms with van der Waals surface area (Å²) in [7, 11) is 0. The Balaban J connectivity index is 1.61. The molecule has 2 saturated heterocycles. The average Bonchev–Trinajstić information content (AvgIpc) is 3.27. The highest BCUT2D eigenvalue weighted by molar-refractivity contribution is 6.42. The second-order valence-corrected chi connectivity index (χ2v) is 8.54. The van der Waals surface area contributed by atoms with Crippen LogP contribution in [-0.4, -0.2) is 17.9 Å². The van der Waals surface area contributed by atoms with E-state index in [2.05, 4.69) is 0 Å². The molecule has 3 aromatic rings. The van der Waals surface area contributed by atoms with Gasteiger partial charge in [0.25, 0.3) is 5.91 Å². The van der Waals surface area contributed by atoms with Gasteiger partial charge in [-0.1, -0.05) is 71.2 Å². The van der Waals surface area contributed by atoms with Crippen molar-refractivity contribution in [2.75, 3.05) is 9.96 Å². The summed E-state index contributed by atoms with van der Waals surface area (Å²) in [5.74, 6) is -1.69. The first-order valence-corrected chi connectivity index (χ1v) is 10.7. The van der Waals surface area contributed by atoms with Crippen molar-refractivity contribution < 1.29 is 14.4 Å². The number of para-hydroxylation sites is 2. The number of nitrogens with zero attached hydrogens (tertiary/aromatic N) is 2. The Kier molecular flexibility index (Phi) is 5.15. The third kappa shape index (κ3) is 3.29. The maximum Gasteiger partial charge on any atom is 0.266 e. The summed E-state index contributed by atoms with van der Waals surface area (Å²) in [5.41, 5.74) is 1.72. The van der Waals surface area contributed by atoms with Gasteiger partial charge < -0.3 is 0 Å². The number of hydrogen-bond donors (Lipinski definition) is 0. The van der Waals surface area contributed by atoms with Gasteiger partial charge in [-0.15, -0.1) is 0 Å². The van der Waals surface area contributed by atoms with E-state index in [0.29, 0.717) is 5.02 Å². The third-order valence-electron chi connectivity index (χ3n) is 5.50. The minimum atomic E-state index is -0.999. The van der Waals surface area contributed by atoms with Crippen molar-refractivity contribution in [2.45, 2.75) is 12.1 Å². The topological polar surface area (TPSA) is 49.9 Å². The average molecular weight is 474 g/mol. The largest absolute Gasteiger partial charge is 0.273 e. The van der Waals surface area contributed by atoms with Crippen LogP contribution >= 0.6 is 34.8 Å². The van der Waals surface area contributed by atoms with Gasteiger partial charge in [-0.05, 0) is 42.0 Å². The number of hydroxylamine groups is 1. The number of rotatable bonds is 3. The minimum absolute atomic E-state index is 0.181. The van der Waals surface area contributed by atoms with Crippen molar-refractivity contribution in [3.05, 3.63) is 93.4 Å². The molecule has 3 aromatic carbocycles. The molecule has 2 amide bonds. The number of benzene rings is 3. The highest BCUT2D eigenvalue weighted by Crippen LogP contribution is 2.49. The standard InChI is InChI=1S/C23H15Cl3N2O3/c24-14-11-9-13(10-12-14)19-18-21(31-28(19)15-5-2-1-3-6-15)23(30)27(22(18)29)20-16(25)7-4-8-17(20)26/h1-12,18-19,21H/t18-,19-,21-/m1/s1. The Bertz CT molecular complexity index is 1150. The first-order chi connectivity index (χ1) is 15.0. The van der Waals surface area contributed by atoms with Crippen LogP contribution in [0.1, 0.15) is 11.6 Å². The second-order valence-electron chi connectivity index (χ2n) is 7.29. The Hall–Kier alpha value is -2.57. The fourth-order valence-corrected chi connectivity index (χ4v) is 4.83. The number of imide groups is 1. The number of hydrogen-bond acceptors (Lipinski definition) is 4. The fraction of sp³-hybridized carbons (Fsp3) is 0.130. The summed E-state index contributed by atoms with van der Waals surface area (Å²) in [6, 6.07) is 20.8. The van der Waals surface area contributed by atoms with Crippen LogP contribution in [-0.2, 0) is 14.4 Å². The molecule has 0 aliphatic carbocycles. The summed E-state index contributed by atoms with van der Waals surface area (Å²) < 4.78 is 0. The number of carbonyl (C=O) groups is 2. The number of fused-ring (bicyclic) bond motifs is 1. The van der Waals surface area contributed by atoms with E-state index in [1.807, 2.05) is 42.5 Å². The molecule has 5 nitrogen and oxygen atoms in total. The minimum Gasteiger partial charge on any atom is -0.273 e. The molecular weight excluding hydrogens is 459 g/mol. The second kappa shape index (κ2) is 7.84. The molecule has 2 heterocycles. The molecule has 2 fully saturated rings. The molecule has 8 heteroatoms. The molecular formula is C23H15Cl3N2O3. The zero-order valence-corrected chi connectivity index (χ0v) is 18.2. The predicted molar refractivity (Wildman–Crippen MR) is 120 cm³/mol. The van der Waals surface area contributed by atoms with Gasteiger partial charge in [0.15, 0.2) is 6.10 Å². The van der Waals surface area contributed by atoms with Crippen LogP contribution in [0.25, 0.3) is 0 Å². The van der Waals surface area contributed by atoms with Crippen LogP contribution < -0.4 is 9.96 Å². The van der Waals surface area contributed by atoms with E-state index in [0.717, 1.165) is 16.2 Å². The Morgan fingerprint density at radius 1 is 0.742 bits per heavy atom. The van der Waals surface area contributed by atoms with E-state index in [4.69, 9.17) is 39.6 Å². The van der Waals surface area contributed by atoms with Crippen LogP contribution in [0.3, 0.4) is 0 Å². The fourth-order valence-electron chi connectivity index (χ4n) is 4.14. The molecule has 0 unspecified atom stereocenters. The van der Waals surface area contributed by atoms with E-state index in [9.17, 15) is 9.59 Å². The van der Waals surface area contributed by atoms with Crippen molar-refractivity contribution in [1.29, 1.82) is 0 Å². The van der Waals surface area contributed by atoms with Gasteiger partial charge in [-0.2, -0.15) is 0 Å². The molecule has 0 saturated carbocycles. The summed E-state index contributed by atoms with van der Waals surface area (Å²) in [5, 5.41) is 2.64. The molecule has 2 aliphatic heterocycles. The predicted octanol–water partition coefficient (Wildman–Crippen LogP) is 5.70. The first kappa shape index (κ1) is 20.3. The normalized spacial score (nSPS) is 22.9. The van der Waals surface area contributed by atoms with Gasteiger partial charge in [0, 0.05) is 5.02 Å². The molecule has 3 atom stereocenters. The summed E-state index contributed by atoms with van der Waals surface area (Å²) in [4.78, 5) is 34.0. The molecule has 0 radical (unpaired) electrons. The zero-order valence-electron chi connectivity index (χ0n) is 15.9. The quantitative estimate of drug-likeness (QED) is 0.458. The van der Waals surface area contributed by atoms with Crippen LogP contribution in [0, 0.1) is 5.92 Å². The van der Waals surface area contributed by atoms with Crippen molar-refractivity contribution in [3.63, 3.8) is 0 Å². The molecule has 0 N–H and O–H groups in total. The highest BCUT2D eigenvalue weighted by Gasteiger charge is 2.60. The van der Waals surface area contributed by atoms with Crippen molar-refractivity contribution in [1.82, 2.24) is 0 Å².